The Morgan fingerprint density at radius 2 is 1.64 bits per heavy atom. The molecule has 2 aliphatic heterocycles. The number of anilines is 1. The highest BCUT2D eigenvalue weighted by Gasteiger charge is 2.30. The third kappa shape index (κ3) is 9.83. The zero-order chi connectivity index (χ0) is 33.9. The molecule has 0 unspecified atom stereocenters. The topological polar surface area (TPSA) is 91.9 Å². The largest absolute Gasteiger partial charge is 0.495 e. The van der Waals surface area contributed by atoms with Crippen LogP contribution in [0.2, 0.25) is 10.0 Å². The van der Waals surface area contributed by atoms with Crippen LogP contribution in [0.15, 0.2) is 51.0 Å². The van der Waals surface area contributed by atoms with Crippen LogP contribution in [-0.2, 0) is 32.8 Å². The fraction of sp³-hybridized carbons (Fsp3) is 0.387. The molecule has 3 aromatic rings. The van der Waals surface area contributed by atoms with Crippen LogP contribution in [0.4, 0.5) is 14.5 Å². The molecule has 8 nitrogen and oxygen atoms in total. The van der Waals surface area contributed by atoms with Crippen LogP contribution in [0.5, 0.6) is 5.75 Å². The summed E-state index contributed by atoms with van der Waals surface area (Å²) in [5, 5.41) is -2.93. The Morgan fingerprint density at radius 3 is 2.18 bits per heavy atom. The number of halogens is 5. The number of pyridine rings is 1. The molecule has 45 heavy (non-hydrogen) atoms. The predicted octanol–water partition coefficient (Wildman–Crippen LogP) is 8.01. The number of hydrogen-bond acceptors (Lipinski definition) is 6. The number of morpholine rings is 1. The lowest BCUT2D eigenvalue weighted by Gasteiger charge is -2.28. The maximum Gasteiger partial charge on any atom is 0.362 e. The standard InChI is InChI=1S/C14H16N2O4.C13H8Cl3F2NOS.2C2H6/c1-19-13-5-11-7-15(9-17)6-10(11)4-12(13)16-2-3-20-8-14(16)18;1-6-9(5-10(13(16,17)18)19-12(6)20)21-11-7(14)3-2-4-8(11)15;2*1-2/h4-5,9H,2-3,6-8H2,1H3;2-5H,1H3,(H,19,20);2*1-2H3. The first kappa shape index (κ1) is 38.4. The number of alkyl halides is 3. The van der Waals surface area contributed by atoms with Crippen molar-refractivity contribution in [1.29, 1.82) is 0 Å². The van der Waals surface area contributed by atoms with Gasteiger partial charge >= 0.3 is 5.38 Å². The zero-order valence-electron chi connectivity index (χ0n) is 25.8. The quantitative estimate of drug-likeness (QED) is 0.206. The van der Waals surface area contributed by atoms with E-state index in [2.05, 4.69) is 4.98 Å². The second kappa shape index (κ2) is 17.8. The Kier molecular flexibility index (Phi) is 15.1. The molecule has 0 saturated carbocycles. The van der Waals surface area contributed by atoms with Gasteiger partial charge < -0.3 is 24.3 Å². The third-order valence-electron chi connectivity index (χ3n) is 6.34. The molecule has 1 aromatic heterocycles. The van der Waals surface area contributed by atoms with Gasteiger partial charge in [-0.05, 0) is 60.0 Å². The molecule has 0 aliphatic carbocycles. The third-order valence-corrected chi connectivity index (χ3v) is 8.69. The van der Waals surface area contributed by atoms with Crippen LogP contribution < -0.4 is 15.2 Å². The van der Waals surface area contributed by atoms with Gasteiger partial charge in [0.05, 0.1) is 29.4 Å². The van der Waals surface area contributed by atoms with Crippen LogP contribution in [0.3, 0.4) is 0 Å². The van der Waals surface area contributed by atoms with Crippen molar-refractivity contribution in [2.75, 3.05) is 31.8 Å². The van der Waals surface area contributed by atoms with Crippen molar-refractivity contribution in [3.05, 3.63) is 79.2 Å². The van der Waals surface area contributed by atoms with Crippen LogP contribution in [0.25, 0.3) is 0 Å². The first-order valence-electron chi connectivity index (χ1n) is 14.1. The number of ether oxygens (including phenoxy) is 2. The summed E-state index contributed by atoms with van der Waals surface area (Å²) in [6.07, 6.45) is 0.839. The van der Waals surface area contributed by atoms with Crippen molar-refractivity contribution < 1.29 is 27.8 Å². The van der Waals surface area contributed by atoms with E-state index in [0.29, 0.717) is 51.8 Å². The van der Waals surface area contributed by atoms with Gasteiger partial charge in [0.1, 0.15) is 18.1 Å². The number of carbonyl (C=O) groups excluding carboxylic acids is 2. The number of nitrogens with zero attached hydrogens (tertiary/aromatic N) is 2. The molecule has 1 N–H and O–H groups in total. The number of nitrogens with one attached hydrogen (secondary N) is 1. The maximum atomic E-state index is 13.2. The normalized spacial score (nSPS) is 13.8. The fourth-order valence-corrected chi connectivity index (χ4v) is 5.92. The lowest BCUT2D eigenvalue weighted by Crippen LogP contribution is -2.41. The molecular weight excluding hydrogens is 671 g/mol. The molecule has 2 aliphatic rings. The van der Waals surface area contributed by atoms with Crippen molar-refractivity contribution in [3.8, 4) is 5.75 Å². The number of aromatic amines is 1. The fourth-order valence-electron chi connectivity index (χ4n) is 4.22. The predicted molar refractivity (Wildman–Crippen MR) is 176 cm³/mol. The molecule has 0 radical (unpaired) electrons. The number of rotatable bonds is 6. The van der Waals surface area contributed by atoms with Crippen LogP contribution in [0, 0.1) is 6.92 Å². The van der Waals surface area contributed by atoms with Gasteiger partial charge in [-0.25, -0.2) is 0 Å². The molecule has 0 spiro atoms. The van der Waals surface area contributed by atoms with E-state index in [9.17, 15) is 23.2 Å². The number of benzene rings is 2. The van der Waals surface area contributed by atoms with E-state index < -0.39 is 16.6 Å². The van der Waals surface area contributed by atoms with E-state index in [0.717, 1.165) is 41.1 Å². The smallest absolute Gasteiger partial charge is 0.362 e. The van der Waals surface area contributed by atoms with Gasteiger partial charge in [0.25, 0.3) is 11.5 Å². The van der Waals surface area contributed by atoms with E-state index in [-0.39, 0.29) is 18.1 Å². The van der Waals surface area contributed by atoms with E-state index in [1.54, 1.807) is 35.1 Å². The molecule has 0 bridgehead atoms. The highest BCUT2D eigenvalue weighted by atomic mass is 35.5. The molecule has 1 saturated heterocycles. The Labute approximate surface area is 280 Å². The van der Waals surface area contributed by atoms with E-state index in [1.807, 2.05) is 39.8 Å². The Morgan fingerprint density at radius 1 is 1.04 bits per heavy atom. The zero-order valence-corrected chi connectivity index (χ0v) is 28.9. The first-order valence-corrected chi connectivity index (χ1v) is 16.1. The summed E-state index contributed by atoms with van der Waals surface area (Å²) < 4.78 is 36.9. The molecule has 1 fully saturated rings. The maximum absolute atomic E-state index is 13.2. The van der Waals surface area contributed by atoms with E-state index >= 15 is 0 Å². The van der Waals surface area contributed by atoms with Crippen molar-refractivity contribution >= 4 is 64.6 Å². The number of aromatic nitrogens is 1. The Bertz CT molecular complexity index is 1520. The number of carbonyl (C=O) groups is 2. The number of amides is 2. The molecule has 246 valence electrons. The summed E-state index contributed by atoms with van der Waals surface area (Å²) in [7, 11) is 1.59. The molecule has 2 aromatic carbocycles. The van der Waals surface area contributed by atoms with Gasteiger partial charge in [-0.1, -0.05) is 68.7 Å². The lowest BCUT2D eigenvalue weighted by atomic mass is 10.1. The minimum atomic E-state index is -3.66. The second-order valence-electron chi connectivity index (χ2n) is 9.05. The van der Waals surface area contributed by atoms with Gasteiger partial charge in [-0.2, -0.15) is 8.78 Å². The highest BCUT2D eigenvalue weighted by Crippen LogP contribution is 2.41. The van der Waals surface area contributed by atoms with Gasteiger partial charge in [0, 0.05) is 35.0 Å². The number of H-pyrrole nitrogens is 1. The number of methoxy groups -OCH3 is 1. The lowest BCUT2D eigenvalue weighted by molar-refractivity contribution is -0.125. The van der Waals surface area contributed by atoms with Gasteiger partial charge in [-0.3, -0.25) is 14.4 Å². The Hall–Kier alpha value is -2.83. The van der Waals surface area contributed by atoms with Crippen molar-refractivity contribution in [1.82, 2.24) is 9.88 Å². The summed E-state index contributed by atoms with van der Waals surface area (Å²) in [6, 6.07) is 9.88. The minimum absolute atomic E-state index is 0.0697. The monoisotopic (exact) mass is 705 g/mol. The summed E-state index contributed by atoms with van der Waals surface area (Å²) in [5.41, 5.74) is 1.85. The summed E-state index contributed by atoms with van der Waals surface area (Å²) in [4.78, 5) is 40.8. The number of fused-ring (bicyclic) bond motifs is 1. The average molecular weight is 707 g/mol. The molecule has 3 heterocycles. The van der Waals surface area contributed by atoms with Crippen molar-refractivity contribution in [2.45, 2.75) is 62.9 Å². The van der Waals surface area contributed by atoms with Crippen LogP contribution >= 0.6 is 46.6 Å². The van der Waals surface area contributed by atoms with E-state index in [4.69, 9.17) is 44.3 Å². The summed E-state index contributed by atoms with van der Waals surface area (Å²) in [5.74, 6) is 0.589. The van der Waals surface area contributed by atoms with E-state index in [1.165, 1.54) is 6.92 Å². The first-order chi connectivity index (χ1) is 21.4. The molecular formula is C31H36Cl3F2N3O5S. The second-order valence-corrected chi connectivity index (χ2v) is 11.4. The van der Waals surface area contributed by atoms with Gasteiger partial charge in [0.15, 0.2) is 0 Å². The van der Waals surface area contributed by atoms with Crippen molar-refractivity contribution in [3.63, 3.8) is 0 Å². The SMILES string of the molecule is CC.CC.COc1cc2c(cc1N1CCOCC1=O)CN(C=O)C2.Cc1c(Sc2c(Cl)cccc2Cl)cc(C(F)(F)Cl)[nH]c1=O. The number of hydrogen-bond donors (Lipinski definition) is 1. The molecule has 0 atom stereocenters. The van der Waals surface area contributed by atoms with Crippen LogP contribution in [0.1, 0.15) is 50.1 Å². The summed E-state index contributed by atoms with van der Waals surface area (Å²) >= 11 is 18.1. The molecule has 2 amide bonds. The minimum Gasteiger partial charge on any atom is -0.495 e. The van der Waals surface area contributed by atoms with Crippen LogP contribution in [-0.4, -0.2) is 49.1 Å². The summed E-state index contributed by atoms with van der Waals surface area (Å²) in [6.45, 7) is 11.8. The highest BCUT2D eigenvalue weighted by molar-refractivity contribution is 7.99. The molecule has 14 heteroatoms. The van der Waals surface area contributed by atoms with Gasteiger partial charge in [-0.15, -0.1) is 0 Å². The molecule has 5 rings (SSSR count). The van der Waals surface area contributed by atoms with Crippen molar-refractivity contribution in [2.24, 2.45) is 0 Å². The average Bonchev–Trinajstić information content (AvgIpc) is 3.44. The van der Waals surface area contributed by atoms with Gasteiger partial charge in [0.2, 0.25) is 6.41 Å². The Balaban J connectivity index is 0.000000283.